The van der Waals surface area contributed by atoms with E-state index in [1.807, 2.05) is 7.11 Å². The lowest BCUT2D eigenvalue weighted by Crippen LogP contribution is -2.12. The molecule has 1 aliphatic rings. The van der Waals surface area contributed by atoms with Gasteiger partial charge in [-0.3, -0.25) is 0 Å². The van der Waals surface area contributed by atoms with Gasteiger partial charge in [0.05, 0.1) is 6.10 Å². The van der Waals surface area contributed by atoms with Crippen LogP contribution in [0.5, 0.6) is 0 Å². The molecule has 1 atom stereocenters. The van der Waals surface area contributed by atoms with Crippen molar-refractivity contribution < 1.29 is 4.74 Å². The summed E-state index contributed by atoms with van der Waals surface area (Å²) in [4.78, 5) is 0. The zero-order chi connectivity index (χ0) is 8.10. The fourth-order valence-corrected chi connectivity index (χ4v) is 1.61. The Morgan fingerprint density at radius 1 is 1.36 bits per heavy atom. The SMILES string of the molecule is CCCCCC(OC)C1CC1. The Bertz CT molecular complexity index is 97.0. The molecule has 0 spiro atoms. The standard InChI is InChI=1S/C10H20O/c1-3-4-5-6-10(11-2)9-7-8-9/h9-10H,3-8H2,1-2H3. The van der Waals surface area contributed by atoms with Gasteiger partial charge in [0.25, 0.3) is 0 Å². The summed E-state index contributed by atoms with van der Waals surface area (Å²) in [6, 6.07) is 0. The van der Waals surface area contributed by atoms with Gasteiger partial charge in [-0.05, 0) is 25.2 Å². The topological polar surface area (TPSA) is 9.23 Å². The maximum Gasteiger partial charge on any atom is 0.0599 e. The number of rotatable bonds is 6. The first kappa shape index (κ1) is 9.05. The van der Waals surface area contributed by atoms with Gasteiger partial charge < -0.3 is 4.74 Å². The van der Waals surface area contributed by atoms with Crippen molar-refractivity contribution in [2.24, 2.45) is 5.92 Å². The van der Waals surface area contributed by atoms with Crippen LogP contribution in [0.2, 0.25) is 0 Å². The van der Waals surface area contributed by atoms with E-state index >= 15 is 0 Å². The van der Waals surface area contributed by atoms with Crippen molar-refractivity contribution in [3.63, 3.8) is 0 Å². The van der Waals surface area contributed by atoms with Crippen LogP contribution in [0.4, 0.5) is 0 Å². The van der Waals surface area contributed by atoms with Gasteiger partial charge in [0.2, 0.25) is 0 Å². The summed E-state index contributed by atoms with van der Waals surface area (Å²) in [6.07, 6.45) is 8.73. The van der Waals surface area contributed by atoms with E-state index in [2.05, 4.69) is 6.92 Å². The van der Waals surface area contributed by atoms with Crippen molar-refractivity contribution in [3.8, 4) is 0 Å². The highest BCUT2D eigenvalue weighted by Gasteiger charge is 2.30. The predicted molar refractivity (Wildman–Crippen MR) is 47.7 cm³/mol. The normalized spacial score (nSPS) is 20.2. The summed E-state index contributed by atoms with van der Waals surface area (Å²) >= 11 is 0. The number of unbranched alkanes of at least 4 members (excludes halogenated alkanes) is 2. The molecule has 0 saturated heterocycles. The molecule has 1 saturated carbocycles. The second-order valence-electron chi connectivity index (χ2n) is 3.61. The van der Waals surface area contributed by atoms with E-state index in [4.69, 9.17) is 4.74 Å². The van der Waals surface area contributed by atoms with Crippen LogP contribution < -0.4 is 0 Å². The van der Waals surface area contributed by atoms with Crippen LogP contribution in [-0.2, 0) is 4.74 Å². The molecule has 11 heavy (non-hydrogen) atoms. The van der Waals surface area contributed by atoms with Crippen molar-refractivity contribution in [3.05, 3.63) is 0 Å². The van der Waals surface area contributed by atoms with E-state index in [-0.39, 0.29) is 0 Å². The average Bonchev–Trinajstić information content (AvgIpc) is 2.81. The minimum atomic E-state index is 0.585. The molecule has 1 fully saturated rings. The quantitative estimate of drug-likeness (QED) is 0.537. The van der Waals surface area contributed by atoms with Crippen molar-refractivity contribution in [2.45, 2.75) is 51.6 Å². The summed E-state index contributed by atoms with van der Waals surface area (Å²) in [7, 11) is 1.86. The van der Waals surface area contributed by atoms with E-state index in [0.717, 1.165) is 5.92 Å². The molecule has 1 unspecified atom stereocenters. The van der Waals surface area contributed by atoms with E-state index in [0.29, 0.717) is 6.10 Å². The largest absolute Gasteiger partial charge is 0.381 e. The molecule has 1 rings (SSSR count). The molecular formula is C10H20O. The minimum Gasteiger partial charge on any atom is -0.381 e. The summed E-state index contributed by atoms with van der Waals surface area (Å²) in [5.41, 5.74) is 0. The molecule has 0 aromatic carbocycles. The van der Waals surface area contributed by atoms with Crippen molar-refractivity contribution in [2.75, 3.05) is 7.11 Å². The van der Waals surface area contributed by atoms with Crippen LogP contribution in [0.1, 0.15) is 45.4 Å². The average molecular weight is 156 g/mol. The molecule has 66 valence electrons. The maximum absolute atomic E-state index is 5.42. The Labute approximate surface area is 70.1 Å². The van der Waals surface area contributed by atoms with Crippen molar-refractivity contribution in [1.82, 2.24) is 0 Å². The van der Waals surface area contributed by atoms with E-state index in [1.165, 1.54) is 38.5 Å². The minimum absolute atomic E-state index is 0.585. The highest BCUT2D eigenvalue weighted by atomic mass is 16.5. The van der Waals surface area contributed by atoms with Crippen LogP contribution in [0.25, 0.3) is 0 Å². The summed E-state index contributed by atoms with van der Waals surface area (Å²) in [6.45, 7) is 2.25. The second-order valence-corrected chi connectivity index (χ2v) is 3.61. The number of methoxy groups -OCH3 is 1. The lowest BCUT2D eigenvalue weighted by Gasteiger charge is -2.13. The van der Waals surface area contributed by atoms with Crippen LogP contribution in [-0.4, -0.2) is 13.2 Å². The molecule has 0 heterocycles. The maximum atomic E-state index is 5.42. The van der Waals surface area contributed by atoms with Crippen molar-refractivity contribution >= 4 is 0 Å². The van der Waals surface area contributed by atoms with Gasteiger partial charge in [-0.25, -0.2) is 0 Å². The van der Waals surface area contributed by atoms with Gasteiger partial charge in [0.15, 0.2) is 0 Å². The fourth-order valence-electron chi connectivity index (χ4n) is 1.61. The van der Waals surface area contributed by atoms with Crippen molar-refractivity contribution in [1.29, 1.82) is 0 Å². The number of ether oxygens (including phenoxy) is 1. The molecule has 1 nitrogen and oxygen atoms in total. The van der Waals surface area contributed by atoms with E-state index in [9.17, 15) is 0 Å². The first-order valence-corrected chi connectivity index (χ1v) is 4.91. The predicted octanol–water partition coefficient (Wildman–Crippen LogP) is 2.99. The van der Waals surface area contributed by atoms with E-state index < -0.39 is 0 Å². The Balaban J connectivity index is 2.01. The van der Waals surface area contributed by atoms with Gasteiger partial charge in [-0.2, -0.15) is 0 Å². The molecule has 1 aliphatic carbocycles. The Morgan fingerprint density at radius 2 is 2.09 bits per heavy atom. The summed E-state index contributed by atoms with van der Waals surface area (Å²) in [5, 5.41) is 0. The monoisotopic (exact) mass is 156 g/mol. The molecule has 0 amide bonds. The third kappa shape index (κ3) is 3.24. The third-order valence-corrected chi connectivity index (χ3v) is 2.54. The zero-order valence-corrected chi connectivity index (χ0v) is 7.81. The molecule has 0 aromatic rings. The van der Waals surface area contributed by atoms with Gasteiger partial charge >= 0.3 is 0 Å². The number of hydrogen-bond acceptors (Lipinski definition) is 1. The van der Waals surface area contributed by atoms with Crippen LogP contribution in [0.15, 0.2) is 0 Å². The summed E-state index contributed by atoms with van der Waals surface area (Å²) in [5.74, 6) is 0.914. The van der Waals surface area contributed by atoms with Gasteiger partial charge in [0.1, 0.15) is 0 Å². The molecule has 0 aromatic heterocycles. The highest BCUT2D eigenvalue weighted by Crippen LogP contribution is 2.36. The van der Waals surface area contributed by atoms with E-state index in [1.54, 1.807) is 0 Å². The first-order chi connectivity index (χ1) is 5.38. The van der Waals surface area contributed by atoms with Crippen LogP contribution in [0.3, 0.4) is 0 Å². The van der Waals surface area contributed by atoms with Gasteiger partial charge in [-0.1, -0.05) is 26.2 Å². The number of hydrogen-bond donors (Lipinski definition) is 0. The van der Waals surface area contributed by atoms with Crippen LogP contribution >= 0.6 is 0 Å². The van der Waals surface area contributed by atoms with Gasteiger partial charge in [0, 0.05) is 7.11 Å². The summed E-state index contributed by atoms with van der Waals surface area (Å²) < 4.78 is 5.42. The lowest BCUT2D eigenvalue weighted by molar-refractivity contribution is 0.0750. The molecule has 0 N–H and O–H groups in total. The molecule has 0 radical (unpaired) electrons. The fraction of sp³-hybridized carbons (Fsp3) is 1.00. The zero-order valence-electron chi connectivity index (χ0n) is 7.81. The van der Waals surface area contributed by atoms with Gasteiger partial charge in [-0.15, -0.1) is 0 Å². The molecule has 1 heteroatoms. The molecule has 0 bridgehead atoms. The highest BCUT2D eigenvalue weighted by molar-refractivity contribution is 4.81. The molecular weight excluding hydrogens is 136 g/mol. The molecule has 0 aliphatic heterocycles. The first-order valence-electron chi connectivity index (χ1n) is 4.91. The Hall–Kier alpha value is -0.0400. The van der Waals surface area contributed by atoms with Crippen LogP contribution in [0, 0.1) is 5.92 Å². The second kappa shape index (κ2) is 4.76. The smallest absolute Gasteiger partial charge is 0.0599 e. The Morgan fingerprint density at radius 3 is 2.55 bits per heavy atom. The third-order valence-electron chi connectivity index (χ3n) is 2.54. The Kier molecular flexibility index (Phi) is 3.92. The lowest BCUT2D eigenvalue weighted by atomic mass is 10.1.